The Kier molecular flexibility index (Phi) is 4.54. The van der Waals surface area contributed by atoms with Gasteiger partial charge in [-0.05, 0) is 31.7 Å². The molecule has 6 nitrogen and oxygen atoms in total. The van der Waals surface area contributed by atoms with Crippen LogP contribution in [0.2, 0.25) is 10.3 Å². The maximum absolute atomic E-state index is 11.8. The van der Waals surface area contributed by atoms with Gasteiger partial charge in [0, 0.05) is 17.6 Å². The topological polar surface area (TPSA) is 78.7 Å². The Morgan fingerprint density at radius 3 is 2.81 bits per heavy atom. The lowest BCUT2D eigenvalue weighted by atomic mass is 10.2. The number of primary amides is 1. The molecule has 4 rings (SSSR count). The van der Waals surface area contributed by atoms with E-state index in [0.717, 1.165) is 28.6 Å². The van der Waals surface area contributed by atoms with Gasteiger partial charge in [0.2, 0.25) is 0 Å². The van der Waals surface area contributed by atoms with E-state index in [0.29, 0.717) is 23.2 Å². The summed E-state index contributed by atoms with van der Waals surface area (Å²) >= 11 is 13.5. The summed E-state index contributed by atoms with van der Waals surface area (Å²) in [5.41, 5.74) is 8.76. The minimum Gasteiger partial charge on any atom is -0.366 e. The Morgan fingerprint density at radius 1 is 1.42 bits per heavy atom. The molecule has 3 aromatic rings. The third-order valence-electron chi connectivity index (χ3n) is 4.62. The summed E-state index contributed by atoms with van der Waals surface area (Å²) in [6.07, 6.45) is 4.05. The number of hydrogen-bond acceptors (Lipinski definition) is 4. The number of rotatable bonds is 6. The zero-order valence-electron chi connectivity index (χ0n) is 14.1. The zero-order chi connectivity index (χ0) is 18.4. The first-order valence-electron chi connectivity index (χ1n) is 8.25. The maximum Gasteiger partial charge on any atom is 0.250 e. The molecule has 1 aliphatic carbocycles. The quantitative estimate of drug-likeness (QED) is 0.668. The molecule has 9 heteroatoms. The van der Waals surface area contributed by atoms with Crippen LogP contribution in [0.15, 0.2) is 17.8 Å². The van der Waals surface area contributed by atoms with Crippen molar-refractivity contribution in [2.24, 2.45) is 11.7 Å². The molecule has 0 aromatic carbocycles. The van der Waals surface area contributed by atoms with E-state index < -0.39 is 5.91 Å². The van der Waals surface area contributed by atoms with Gasteiger partial charge in [-0.15, -0.1) is 11.3 Å². The SMILES string of the molecule is Cc1c(C(N)=O)cc(-c2csc(Cn3cnc(Cl)c3Cl)n2)n1CC1CC1. The fourth-order valence-electron chi connectivity index (χ4n) is 3.00. The summed E-state index contributed by atoms with van der Waals surface area (Å²) in [5, 5.41) is 3.55. The highest BCUT2D eigenvalue weighted by Crippen LogP contribution is 2.35. The number of nitrogens with zero attached hydrogens (tertiary/aromatic N) is 4. The van der Waals surface area contributed by atoms with Gasteiger partial charge in [0.05, 0.1) is 29.8 Å². The Bertz CT molecular complexity index is 986. The van der Waals surface area contributed by atoms with Crippen LogP contribution in [-0.2, 0) is 13.1 Å². The summed E-state index contributed by atoms with van der Waals surface area (Å²) in [7, 11) is 0. The number of carbonyl (C=O) groups excluding carboxylic acids is 1. The number of carbonyl (C=O) groups is 1. The first kappa shape index (κ1) is 17.6. The van der Waals surface area contributed by atoms with Gasteiger partial charge >= 0.3 is 0 Å². The van der Waals surface area contributed by atoms with Crippen molar-refractivity contribution in [1.29, 1.82) is 0 Å². The van der Waals surface area contributed by atoms with Crippen LogP contribution in [-0.4, -0.2) is 25.0 Å². The van der Waals surface area contributed by atoms with Gasteiger partial charge in [-0.25, -0.2) is 9.97 Å². The fourth-order valence-corrected chi connectivity index (χ4v) is 4.09. The molecule has 0 unspecified atom stereocenters. The summed E-state index contributed by atoms with van der Waals surface area (Å²) in [5.74, 6) is 0.263. The molecule has 0 aliphatic heterocycles. The Balaban J connectivity index is 1.67. The van der Waals surface area contributed by atoms with Gasteiger partial charge < -0.3 is 14.9 Å². The smallest absolute Gasteiger partial charge is 0.250 e. The first-order valence-corrected chi connectivity index (χ1v) is 9.88. The minimum absolute atomic E-state index is 0.281. The summed E-state index contributed by atoms with van der Waals surface area (Å²) in [6, 6.07) is 1.85. The van der Waals surface area contributed by atoms with Crippen LogP contribution >= 0.6 is 34.5 Å². The van der Waals surface area contributed by atoms with E-state index in [-0.39, 0.29) is 5.15 Å². The van der Waals surface area contributed by atoms with Crippen LogP contribution in [0.5, 0.6) is 0 Å². The second kappa shape index (κ2) is 6.72. The maximum atomic E-state index is 11.8. The van der Waals surface area contributed by atoms with Gasteiger partial charge in [0.25, 0.3) is 5.91 Å². The monoisotopic (exact) mass is 409 g/mol. The summed E-state index contributed by atoms with van der Waals surface area (Å²) in [6.45, 7) is 3.32. The van der Waals surface area contributed by atoms with Crippen LogP contribution in [0.1, 0.15) is 33.9 Å². The van der Waals surface area contributed by atoms with E-state index in [1.54, 1.807) is 10.9 Å². The molecular formula is C17H17Cl2N5OS. The van der Waals surface area contributed by atoms with Crippen molar-refractivity contribution in [2.75, 3.05) is 0 Å². The molecule has 1 saturated carbocycles. The molecule has 1 amide bonds. The van der Waals surface area contributed by atoms with Crippen molar-refractivity contribution in [3.8, 4) is 11.4 Å². The van der Waals surface area contributed by atoms with Crippen molar-refractivity contribution >= 4 is 40.4 Å². The van der Waals surface area contributed by atoms with Crippen LogP contribution in [0.25, 0.3) is 11.4 Å². The van der Waals surface area contributed by atoms with Crippen LogP contribution in [0, 0.1) is 12.8 Å². The van der Waals surface area contributed by atoms with Gasteiger partial charge in [-0.3, -0.25) is 4.79 Å². The minimum atomic E-state index is -0.409. The van der Waals surface area contributed by atoms with E-state index in [9.17, 15) is 4.79 Å². The number of imidazole rings is 1. The van der Waals surface area contributed by atoms with E-state index >= 15 is 0 Å². The lowest BCUT2D eigenvalue weighted by molar-refractivity contribution is 0.0999. The van der Waals surface area contributed by atoms with E-state index in [1.807, 2.05) is 18.4 Å². The molecule has 0 saturated heterocycles. The summed E-state index contributed by atoms with van der Waals surface area (Å²) in [4.78, 5) is 20.5. The highest BCUT2D eigenvalue weighted by atomic mass is 35.5. The van der Waals surface area contributed by atoms with Crippen molar-refractivity contribution < 1.29 is 4.79 Å². The largest absolute Gasteiger partial charge is 0.366 e. The second-order valence-electron chi connectivity index (χ2n) is 6.53. The Morgan fingerprint density at radius 2 is 2.19 bits per heavy atom. The predicted molar refractivity (Wildman–Crippen MR) is 103 cm³/mol. The molecule has 136 valence electrons. The van der Waals surface area contributed by atoms with Crippen molar-refractivity contribution in [2.45, 2.75) is 32.9 Å². The number of halogens is 2. The third kappa shape index (κ3) is 3.26. The van der Waals surface area contributed by atoms with Gasteiger partial charge in [-0.1, -0.05) is 23.2 Å². The molecular weight excluding hydrogens is 393 g/mol. The predicted octanol–water partition coefficient (Wildman–Crippen LogP) is 3.98. The highest BCUT2D eigenvalue weighted by Gasteiger charge is 2.26. The Labute approximate surface area is 164 Å². The number of thiazole rings is 1. The van der Waals surface area contributed by atoms with Crippen molar-refractivity contribution in [3.05, 3.63) is 44.3 Å². The lowest BCUT2D eigenvalue weighted by Gasteiger charge is -2.09. The van der Waals surface area contributed by atoms with Crippen LogP contribution in [0.4, 0.5) is 0 Å². The lowest BCUT2D eigenvalue weighted by Crippen LogP contribution is -2.12. The zero-order valence-corrected chi connectivity index (χ0v) is 16.4. The average molecular weight is 410 g/mol. The standard InChI is InChI=1S/C17H17Cl2N5OS/c1-9-11(17(20)25)4-13(24(9)5-10-2-3-10)12-7-26-14(22-12)6-23-8-21-15(18)16(23)19/h4,7-8,10H,2-3,5-6H2,1H3,(H2,20,25). The van der Waals surface area contributed by atoms with E-state index in [1.165, 1.54) is 24.2 Å². The molecule has 2 N–H and O–H groups in total. The number of amides is 1. The van der Waals surface area contributed by atoms with E-state index in [4.69, 9.17) is 33.9 Å². The second-order valence-corrected chi connectivity index (χ2v) is 8.19. The molecule has 1 fully saturated rings. The normalized spacial score (nSPS) is 14.1. The van der Waals surface area contributed by atoms with Gasteiger partial charge in [0.15, 0.2) is 5.15 Å². The number of hydrogen-bond donors (Lipinski definition) is 1. The van der Waals surface area contributed by atoms with E-state index in [2.05, 4.69) is 9.55 Å². The molecule has 0 radical (unpaired) electrons. The highest BCUT2D eigenvalue weighted by molar-refractivity contribution is 7.09. The van der Waals surface area contributed by atoms with Crippen molar-refractivity contribution in [3.63, 3.8) is 0 Å². The number of nitrogens with two attached hydrogens (primary N) is 1. The molecule has 0 atom stereocenters. The Hall–Kier alpha value is -1.83. The molecule has 3 heterocycles. The average Bonchev–Trinajstić information content (AvgIpc) is 3.08. The van der Waals surface area contributed by atoms with Gasteiger partial charge in [0.1, 0.15) is 10.2 Å². The van der Waals surface area contributed by atoms with Crippen molar-refractivity contribution in [1.82, 2.24) is 19.1 Å². The summed E-state index contributed by atoms with van der Waals surface area (Å²) < 4.78 is 3.91. The molecule has 3 aromatic heterocycles. The van der Waals surface area contributed by atoms with Gasteiger partial charge in [-0.2, -0.15) is 0 Å². The first-order chi connectivity index (χ1) is 12.4. The molecule has 26 heavy (non-hydrogen) atoms. The molecule has 1 aliphatic rings. The molecule has 0 bridgehead atoms. The van der Waals surface area contributed by atoms with Crippen LogP contribution in [0.3, 0.4) is 0 Å². The fraction of sp³-hybridized carbons (Fsp3) is 0.353. The van der Waals surface area contributed by atoms with Crippen LogP contribution < -0.4 is 5.73 Å². The number of aromatic nitrogens is 4. The third-order valence-corrected chi connectivity index (χ3v) is 6.23. The molecule has 0 spiro atoms.